The van der Waals surface area contributed by atoms with Crippen LogP contribution in [0.4, 0.5) is 5.82 Å². The third kappa shape index (κ3) is 3.08. The van der Waals surface area contributed by atoms with Gasteiger partial charge in [0.1, 0.15) is 11.6 Å². The number of aryl methyl sites for hydroxylation is 1. The highest BCUT2D eigenvalue weighted by molar-refractivity contribution is 5.48. The molecule has 0 amide bonds. The second-order valence-electron chi connectivity index (χ2n) is 4.89. The third-order valence-electron chi connectivity index (χ3n) is 3.06. The quantitative estimate of drug-likeness (QED) is 0.913. The van der Waals surface area contributed by atoms with Gasteiger partial charge in [0.05, 0.1) is 6.42 Å². The van der Waals surface area contributed by atoms with Crippen molar-refractivity contribution in [1.29, 1.82) is 0 Å². The van der Waals surface area contributed by atoms with E-state index in [1.165, 1.54) is 5.56 Å². The number of nitrogens with one attached hydrogen (secondary N) is 1. The maximum Gasteiger partial charge on any atom is 0.136 e. The molecule has 0 bridgehead atoms. The average molecular weight is 256 g/mol. The lowest BCUT2D eigenvalue weighted by atomic mass is 10.0. The van der Waals surface area contributed by atoms with Gasteiger partial charge in [-0.2, -0.15) is 0 Å². The Hall–Kier alpha value is -1.97. The Morgan fingerprint density at radius 3 is 2.58 bits per heavy atom. The van der Waals surface area contributed by atoms with Gasteiger partial charge in [-0.3, -0.25) is 4.98 Å². The molecule has 2 heterocycles. The Morgan fingerprint density at radius 2 is 2.00 bits per heavy atom. The Kier molecular flexibility index (Phi) is 4.10. The fraction of sp³-hybridized carbons (Fsp3) is 0.400. The predicted molar refractivity (Wildman–Crippen MR) is 77.4 cm³/mol. The molecule has 4 heteroatoms. The summed E-state index contributed by atoms with van der Waals surface area (Å²) < 4.78 is 0. The monoisotopic (exact) mass is 256 g/mol. The van der Waals surface area contributed by atoms with Crippen molar-refractivity contribution in [3.63, 3.8) is 0 Å². The molecule has 0 aliphatic heterocycles. The van der Waals surface area contributed by atoms with Gasteiger partial charge in [0.15, 0.2) is 0 Å². The van der Waals surface area contributed by atoms with E-state index in [-0.39, 0.29) is 0 Å². The van der Waals surface area contributed by atoms with Crippen molar-refractivity contribution in [2.24, 2.45) is 0 Å². The number of hydrogen-bond acceptors (Lipinski definition) is 4. The lowest BCUT2D eigenvalue weighted by Crippen LogP contribution is -2.09. The largest absolute Gasteiger partial charge is 0.373 e. The van der Waals surface area contributed by atoms with E-state index in [2.05, 4.69) is 34.1 Å². The molecular weight excluding hydrogens is 236 g/mol. The summed E-state index contributed by atoms with van der Waals surface area (Å²) in [4.78, 5) is 13.5. The first-order valence-corrected chi connectivity index (χ1v) is 6.57. The Balaban J connectivity index is 2.36. The lowest BCUT2D eigenvalue weighted by molar-refractivity contribution is 0.810. The summed E-state index contributed by atoms with van der Waals surface area (Å²) in [5.74, 6) is 2.14. The van der Waals surface area contributed by atoms with E-state index in [0.29, 0.717) is 12.3 Å². The minimum atomic E-state index is 0.409. The molecule has 0 aliphatic rings. The molecule has 0 aromatic carbocycles. The zero-order valence-electron chi connectivity index (χ0n) is 11.9. The number of anilines is 1. The summed E-state index contributed by atoms with van der Waals surface area (Å²) in [6.07, 6.45) is 2.46. The van der Waals surface area contributed by atoms with Gasteiger partial charge >= 0.3 is 0 Å². The van der Waals surface area contributed by atoms with Gasteiger partial charge in [0, 0.05) is 30.2 Å². The molecule has 0 unspecified atom stereocenters. The highest BCUT2D eigenvalue weighted by Gasteiger charge is 2.14. The molecule has 0 saturated heterocycles. The molecule has 0 aliphatic carbocycles. The molecule has 0 atom stereocenters. The van der Waals surface area contributed by atoms with Crippen molar-refractivity contribution in [2.45, 2.75) is 33.1 Å². The van der Waals surface area contributed by atoms with Crippen LogP contribution in [-0.4, -0.2) is 22.0 Å². The van der Waals surface area contributed by atoms with Crippen LogP contribution in [0.1, 0.15) is 42.5 Å². The molecule has 100 valence electrons. The van der Waals surface area contributed by atoms with Crippen LogP contribution in [-0.2, 0) is 6.42 Å². The number of hydrogen-bond donors (Lipinski definition) is 1. The number of pyridine rings is 1. The number of nitrogens with zero attached hydrogens (tertiary/aromatic N) is 3. The van der Waals surface area contributed by atoms with Gasteiger partial charge in [-0.15, -0.1) is 0 Å². The predicted octanol–water partition coefficient (Wildman–Crippen LogP) is 2.94. The fourth-order valence-electron chi connectivity index (χ4n) is 2.26. The Morgan fingerprint density at radius 1 is 1.21 bits per heavy atom. The first-order chi connectivity index (χ1) is 9.11. The summed E-state index contributed by atoms with van der Waals surface area (Å²) in [5.41, 5.74) is 3.22. The van der Waals surface area contributed by atoms with Gasteiger partial charge in [0.25, 0.3) is 0 Å². The highest BCUT2D eigenvalue weighted by atomic mass is 15.0. The molecule has 0 fully saturated rings. The highest BCUT2D eigenvalue weighted by Crippen LogP contribution is 2.25. The average Bonchev–Trinajstić information content (AvgIpc) is 2.38. The second kappa shape index (κ2) is 5.78. The van der Waals surface area contributed by atoms with Crippen LogP contribution in [0, 0.1) is 6.92 Å². The third-order valence-corrected chi connectivity index (χ3v) is 3.06. The van der Waals surface area contributed by atoms with E-state index in [0.717, 1.165) is 23.0 Å². The Bertz CT molecular complexity index is 550. The Labute approximate surface area is 114 Å². The van der Waals surface area contributed by atoms with Crippen molar-refractivity contribution >= 4 is 5.82 Å². The molecule has 19 heavy (non-hydrogen) atoms. The first kappa shape index (κ1) is 13.5. The minimum absolute atomic E-state index is 0.409. The van der Waals surface area contributed by atoms with E-state index >= 15 is 0 Å². The molecule has 2 aromatic rings. The molecule has 0 saturated carbocycles. The fourth-order valence-corrected chi connectivity index (χ4v) is 2.26. The molecule has 0 radical (unpaired) electrons. The van der Waals surface area contributed by atoms with Crippen LogP contribution in [0.2, 0.25) is 0 Å². The summed E-state index contributed by atoms with van der Waals surface area (Å²) in [5, 5.41) is 3.17. The van der Waals surface area contributed by atoms with Crippen molar-refractivity contribution < 1.29 is 0 Å². The SMILES string of the molecule is CNc1nc(Cc2ccccn2)nc(C)c1C(C)C. The molecule has 2 aromatic heterocycles. The van der Waals surface area contributed by atoms with E-state index in [9.17, 15) is 0 Å². The van der Waals surface area contributed by atoms with Gasteiger partial charge in [-0.1, -0.05) is 19.9 Å². The maximum atomic E-state index is 4.61. The van der Waals surface area contributed by atoms with E-state index < -0.39 is 0 Å². The molecule has 0 spiro atoms. The van der Waals surface area contributed by atoms with Crippen molar-refractivity contribution in [3.8, 4) is 0 Å². The van der Waals surface area contributed by atoms with Crippen LogP contribution in [0.15, 0.2) is 24.4 Å². The van der Waals surface area contributed by atoms with Crippen molar-refractivity contribution in [2.75, 3.05) is 12.4 Å². The van der Waals surface area contributed by atoms with Crippen LogP contribution < -0.4 is 5.32 Å². The summed E-state index contributed by atoms with van der Waals surface area (Å²) in [7, 11) is 1.90. The smallest absolute Gasteiger partial charge is 0.136 e. The second-order valence-corrected chi connectivity index (χ2v) is 4.89. The van der Waals surface area contributed by atoms with Crippen LogP contribution in [0.25, 0.3) is 0 Å². The summed E-state index contributed by atoms with van der Waals surface area (Å²) >= 11 is 0. The van der Waals surface area contributed by atoms with Crippen molar-refractivity contribution in [3.05, 3.63) is 47.2 Å². The van der Waals surface area contributed by atoms with Crippen LogP contribution >= 0.6 is 0 Å². The molecular formula is C15H20N4. The number of rotatable bonds is 4. The van der Waals surface area contributed by atoms with Crippen LogP contribution in [0.3, 0.4) is 0 Å². The summed E-state index contributed by atoms with van der Waals surface area (Å²) in [6, 6.07) is 5.89. The maximum absolute atomic E-state index is 4.61. The van der Waals surface area contributed by atoms with E-state index in [1.807, 2.05) is 32.2 Å². The topological polar surface area (TPSA) is 50.7 Å². The van der Waals surface area contributed by atoms with E-state index in [4.69, 9.17) is 0 Å². The zero-order chi connectivity index (χ0) is 13.8. The van der Waals surface area contributed by atoms with Gasteiger partial charge in [0.2, 0.25) is 0 Å². The zero-order valence-corrected chi connectivity index (χ0v) is 11.9. The lowest BCUT2D eigenvalue weighted by Gasteiger charge is -2.15. The molecule has 2 rings (SSSR count). The summed E-state index contributed by atoms with van der Waals surface area (Å²) in [6.45, 7) is 6.36. The standard InChI is InChI=1S/C15H20N4/c1-10(2)14-11(3)18-13(19-15(14)16-4)9-12-7-5-6-8-17-12/h5-8,10H,9H2,1-4H3,(H,16,18,19). The number of aromatic nitrogens is 3. The minimum Gasteiger partial charge on any atom is -0.373 e. The first-order valence-electron chi connectivity index (χ1n) is 6.57. The van der Waals surface area contributed by atoms with Gasteiger partial charge in [-0.25, -0.2) is 9.97 Å². The van der Waals surface area contributed by atoms with Crippen LogP contribution in [0.5, 0.6) is 0 Å². The van der Waals surface area contributed by atoms with Gasteiger partial charge < -0.3 is 5.32 Å². The molecule has 4 nitrogen and oxygen atoms in total. The van der Waals surface area contributed by atoms with Gasteiger partial charge in [-0.05, 0) is 25.0 Å². The van der Waals surface area contributed by atoms with Crippen molar-refractivity contribution in [1.82, 2.24) is 15.0 Å². The molecule has 1 N–H and O–H groups in total. The normalized spacial score (nSPS) is 10.8. The van der Waals surface area contributed by atoms with E-state index in [1.54, 1.807) is 6.20 Å².